The molecule has 148 valence electrons. The molecule has 0 saturated carbocycles. The van der Waals surface area contributed by atoms with E-state index in [-0.39, 0.29) is 0 Å². The fraction of sp³-hybridized carbons (Fsp3) is 0.609. The lowest BCUT2D eigenvalue weighted by Crippen LogP contribution is -2.29. The van der Waals surface area contributed by atoms with Crippen LogP contribution in [0.5, 0.6) is 0 Å². The summed E-state index contributed by atoms with van der Waals surface area (Å²) in [6, 6.07) is 10.5. The predicted octanol–water partition coefficient (Wildman–Crippen LogP) is 5.65. The van der Waals surface area contributed by atoms with Gasteiger partial charge in [-0.3, -0.25) is 4.79 Å². The minimum absolute atomic E-state index is 0.313. The summed E-state index contributed by atoms with van der Waals surface area (Å²) in [6.07, 6.45) is 13.7. The molecule has 2 aliphatic rings. The summed E-state index contributed by atoms with van der Waals surface area (Å²) in [5.74, 6) is 3.01. The SMILES string of the molecule is O=C(O)CCCCCC[C@H]1[C@@H](CSC/C=C/c2ccccc2)[C@H]2CC[C@@H]1O2. The summed E-state index contributed by atoms with van der Waals surface area (Å²) in [7, 11) is 0. The molecule has 2 bridgehead atoms. The van der Waals surface area contributed by atoms with Crippen LogP contribution >= 0.6 is 11.8 Å². The Labute approximate surface area is 167 Å². The van der Waals surface area contributed by atoms with Gasteiger partial charge in [0.2, 0.25) is 0 Å². The zero-order valence-electron chi connectivity index (χ0n) is 16.1. The highest BCUT2D eigenvalue weighted by Gasteiger charge is 2.47. The number of rotatable bonds is 12. The zero-order chi connectivity index (χ0) is 18.9. The third kappa shape index (κ3) is 6.39. The molecule has 0 aliphatic carbocycles. The van der Waals surface area contributed by atoms with Crippen molar-refractivity contribution < 1.29 is 14.6 Å². The number of aliphatic carboxylic acids is 1. The van der Waals surface area contributed by atoms with Crippen molar-refractivity contribution in [2.45, 2.75) is 63.6 Å². The Morgan fingerprint density at radius 1 is 1.07 bits per heavy atom. The standard InChI is InChI=1S/C23H32O3S/c24-23(25)13-7-2-1-6-12-19-20(22-15-14-21(19)26-22)17-27-16-8-11-18-9-4-3-5-10-18/h3-5,8-11,19-22H,1-2,6-7,12-17H2,(H,24,25)/b11-8+/t19-,20+,21-,22+/m0/s1. The monoisotopic (exact) mass is 388 g/mol. The molecule has 3 nitrogen and oxygen atoms in total. The fourth-order valence-electron chi connectivity index (χ4n) is 4.53. The van der Waals surface area contributed by atoms with Crippen molar-refractivity contribution in [3.8, 4) is 0 Å². The number of unbranched alkanes of at least 4 members (excludes halogenated alkanes) is 3. The zero-order valence-corrected chi connectivity index (χ0v) is 16.9. The van der Waals surface area contributed by atoms with Crippen LogP contribution in [-0.2, 0) is 9.53 Å². The second-order valence-electron chi connectivity index (χ2n) is 7.82. The van der Waals surface area contributed by atoms with Crippen LogP contribution in [0.15, 0.2) is 36.4 Å². The van der Waals surface area contributed by atoms with E-state index in [4.69, 9.17) is 9.84 Å². The van der Waals surface area contributed by atoms with Crippen LogP contribution in [0.2, 0.25) is 0 Å². The summed E-state index contributed by atoms with van der Waals surface area (Å²) in [4.78, 5) is 10.6. The summed E-state index contributed by atoms with van der Waals surface area (Å²) < 4.78 is 6.22. The molecule has 3 rings (SSSR count). The smallest absolute Gasteiger partial charge is 0.303 e. The fourth-order valence-corrected chi connectivity index (χ4v) is 5.63. The minimum Gasteiger partial charge on any atom is -0.481 e. The van der Waals surface area contributed by atoms with Crippen molar-refractivity contribution in [3.05, 3.63) is 42.0 Å². The predicted molar refractivity (Wildman–Crippen MR) is 113 cm³/mol. The molecular formula is C23H32O3S. The highest BCUT2D eigenvalue weighted by atomic mass is 32.2. The van der Waals surface area contributed by atoms with Gasteiger partial charge in [0.25, 0.3) is 0 Å². The molecule has 2 fully saturated rings. The van der Waals surface area contributed by atoms with E-state index < -0.39 is 5.97 Å². The van der Waals surface area contributed by atoms with Gasteiger partial charge in [-0.25, -0.2) is 0 Å². The van der Waals surface area contributed by atoms with Crippen molar-refractivity contribution in [1.82, 2.24) is 0 Å². The third-order valence-electron chi connectivity index (χ3n) is 5.90. The number of hydrogen-bond acceptors (Lipinski definition) is 3. The van der Waals surface area contributed by atoms with Crippen molar-refractivity contribution in [1.29, 1.82) is 0 Å². The molecule has 4 atom stereocenters. The highest BCUT2D eigenvalue weighted by molar-refractivity contribution is 7.99. The average Bonchev–Trinajstić information content (AvgIpc) is 3.27. The number of carbonyl (C=O) groups is 1. The van der Waals surface area contributed by atoms with Gasteiger partial charge in [-0.15, -0.1) is 0 Å². The lowest BCUT2D eigenvalue weighted by atomic mass is 9.77. The number of carboxylic acids is 1. The van der Waals surface area contributed by atoms with Gasteiger partial charge < -0.3 is 9.84 Å². The molecule has 2 heterocycles. The third-order valence-corrected chi connectivity index (χ3v) is 6.95. The Bertz CT molecular complexity index is 601. The molecule has 0 aromatic heterocycles. The number of hydrogen-bond donors (Lipinski definition) is 1. The summed E-state index contributed by atoms with van der Waals surface area (Å²) in [6.45, 7) is 0. The maximum absolute atomic E-state index is 10.6. The van der Waals surface area contributed by atoms with Gasteiger partial charge in [-0.05, 0) is 48.8 Å². The Balaban J connectivity index is 1.35. The summed E-state index contributed by atoms with van der Waals surface area (Å²) >= 11 is 2.03. The van der Waals surface area contributed by atoms with E-state index in [9.17, 15) is 4.79 Å². The molecule has 0 spiro atoms. The van der Waals surface area contributed by atoms with Crippen molar-refractivity contribution in [2.24, 2.45) is 11.8 Å². The second kappa shape index (κ2) is 10.9. The first-order valence-electron chi connectivity index (χ1n) is 10.4. The van der Waals surface area contributed by atoms with Crippen molar-refractivity contribution >= 4 is 23.8 Å². The molecular weight excluding hydrogens is 356 g/mol. The van der Waals surface area contributed by atoms with E-state index in [2.05, 4.69) is 36.4 Å². The van der Waals surface area contributed by atoms with Crippen molar-refractivity contribution in [2.75, 3.05) is 11.5 Å². The molecule has 0 radical (unpaired) electrons. The normalized spacial score (nSPS) is 26.8. The Morgan fingerprint density at radius 3 is 2.59 bits per heavy atom. The Morgan fingerprint density at radius 2 is 1.81 bits per heavy atom. The van der Waals surface area contributed by atoms with Gasteiger partial charge in [0, 0.05) is 12.2 Å². The number of benzene rings is 1. The average molecular weight is 389 g/mol. The topological polar surface area (TPSA) is 46.5 Å². The van der Waals surface area contributed by atoms with E-state index in [1.807, 2.05) is 17.8 Å². The molecule has 1 aromatic rings. The van der Waals surface area contributed by atoms with Gasteiger partial charge in [-0.1, -0.05) is 61.7 Å². The maximum Gasteiger partial charge on any atom is 0.303 e. The molecule has 0 unspecified atom stereocenters. The summed E-state index contributed by atoms with van der Waals surface area (Å²) in [5, 5.41) is 8.71. The first-order valence-corrected chi connectivity index (χ1v) is 11.6. The first kappa shape index (κ1) is 20.5. The molecule has 27 heavy (non-hydrogen) atoms. The molecule has 2 saturated heterocycles. The Kier molecular flexibility index (Phi) is 8.28. The van der Waals surface area contributed by atoms with E-state index in [1.54, 1.807) is 0 Å². The molecule has 4 heteroatoms. The number of carboxylic acid groups (broad SMARTS) is 1. The Hall–Kier alpha value is -1.26. The molecule has 2 aliphatic heterocycles. The van der Waals surface area contributed by atoms with Crippen LogP contribution in [-0.4, -0.2) is 34.8 Å². The van der Waals surface area contributed by atoms with Crippen LogP contribution in [0.4, 0.5) is 0 Å². The largest absolute Gasteiger partial charge is 0.481 e. The summed E-state index contributed by atoms with van der Waals surface area (Å²) in [5.41, 5.74) is 1.27. The van der Waals surface area contributed by atoms with Crippen LogP contribution < -0.4 is 0 Å². The van der Waals surface area contributed by atoms with Crippen LogP contribution in [0.1, 0.15) is 56.9 Å². The number of ether oxygens (including phenoxy) is 1. The number of thioether (sulfide) groups is 1. The van der Waals surface area contributed by atoms with E-state index in [0.29, 0.717) is 30.5 Å². The van der Waals surface area contributed by atoms with E-state index >= 15 is 0 Å². The quantitative estimate of drug-likeness (QED) is 0.470. The van der Waals surface area contributed by atoms with E-state index in [0.717, 1.165) is 25.0 Å². The van der Waals surface area contributed by atoms with Crippen LogP contribution in [0, 0.1) is 11.8 Å². The van der Waals surface area contributed by atoms with Gasteiger partial charge in [0.15, 0.2) is 0 Å². The lowest BCUT2D eigenvalue weighted by Gasteiger charge is -2.27. The molecule has 0 amide bonds. The molecule has 1 N–H and O–H groups in total. The van der Waals surface area contributed by atoms with Gasteiger partial charge in [-0.2, -0.15) is 11.8 Å². The van der Waals surface area contributed by atoms with Gasteiger partial charge >= 0.3 is 5.97 Å². The minimum atomic E-state index is -0.671. The lowest BCUT2D eigenvalue weighted by molar-refractivity contribution is -0.137. The highest BCUT2D eigenvalue weighted by Crippen LogP contribution is 2.46. The van der Waals surface area contributed by atoms with E-state index in [1.165, 1.54) is 37.0 Å². The van der Waals surface area contributed by atoms with Crippen molar-refractivity contribution in [3.63, 3.8) is 0 Å². The van der Waals surface area contributed by atoms with Gasteiger partial charge in [0.1, 0.15) is 0 Å². The first-order chi connectivity index (χ1) is 13.2. The second-order valence-corrected chi connectivity index (χ2v) is 8.89. The van der Waals surface area contributed by atoms with Crippen LogP contribution in [0.25, 0.3) is 6.08 Å². The van der Waals surface area contributed by atoms with Gasteiger partial charge in [0.05, 0.1) is 12.2 Å². The van der Waals surface area contributed by atoms with Crippen LogP contribution in [0.3, 0.4) is 0 Å². The maximum atomic E-state index is 10.6. The number of fused-ring (bicyclic) bond motifs is 2. The molecule has 1 aromatic carbocycles.